The minimum atomic E-state index is 0.543. The molecule has 234 valence electrons. The van der Waals surface area contributed by atoms with E-state index in [1.807, 2.05) is 103 Å². The van der Waals surface area contributed by atoms with Gasteiger partial charge >= 0.3 is 0 Å². The fraction of sp³-hybridized carbons (Fsp3) is 0. The van der Waals surface area contributed by atoms with Crippen LogP contribution < -0.4 is 0 Å². The van der Waals surface area contributed by atoms with Crippen LogP contribution in [0.15, 0.2) is 167 Å². The lowest BCUT2D eigenvalue weighted by Gasteiger charge is -2.10. The van der Waals surface area contributed by atoms with Crippen molar-refractivity contribution in [2.45, 2.75) is 0 Å². The van der Waals surface area contributed by atoms with E-state index in [0.717, 1.165) is 71.6 Å². The van der Waals surface area contributed by atoms with Crippen LogP contribution in [-0.2, 0) is 0 Å². The molecule has 6 heteroatoms. The Morgan fingerprint density at radius 3 is 1.70 bits per heavy atom. The van der Waals surface area contributed by atoms with Gasteiger partial charge in [-0.15, -0.1) is 0 Å². The Morgan fingerprint density at radius 1 is 0.380 bits per heavy atom. The van der Waals surface area contributed by atoms with Crippen molar-refractivity contribution in [3.8, 4) is 56.7 Å². The predicted octanol–water partition coefficient (Wildman–Crippen LogP) is 11.4. The molecule has 0 unspecified atom stereocenters. The number of aromatic nitrogens is 4. The van der Waals surface area contributed by atoms with Crippen molar-refractivity contribution in [2.24, 2.45) is 0 Å². The van der Waals surface area contributed by atoms with Gasteiger partial charge in [-0.2, -0.15) is 0 Å². The summed E-state index contributed by atoms with van der Waals surface area (Å²) in [7, 11) is 0. The minimum absolute atomic E-state index is 0.543. The number of oxazole rings is 1. The van der Waals surface area contributed by atoms with Crippen LogP contribution in [0.5, 0.6) is 0 Å². The van der Waals surface area contributed by atoms with Gasteiger partial charge in [0.25, 0.3) is 0 Å². The molecule has 0 amide bonds. The maximum absolute atomic E-state index is 6.48. The standard InChI is InChI=1S/C44H26N4O2/c1-4-11-27(12-5-1)31-19-22-33-34-23-20-32(26-38(34)49-37(33)25-31)42-46-41(29-13-6-2-7-14-29)47-43(48-42)35-18-10-17-28-21-24-36-40(39(28)35)50-44(45-36)30-15-8-3-9-16-30/h1-26H. The summed E-state index contributed by atoms with van der Waals surface area (Å²) < 4.78 is 12.9. The van der Waals surface area contributed by atoms with Crippen molar-refractivity contribution >= 4 is 43.8 Å². The molecule has 0 fully saturated rings. The third kappa shape index (κ3) is 4.73. The Bertz CT molecular complexity index is 2860. The number of hydrogen-bond acceptors (Lipinski definition) is 6. The predicted molar refractivity (Wildman–Crippen MR) is 199 cm³/mol. The number of rotatable bonds is 5. The van der Waals surface area contributed by atoms with E-state index in [1.54, 1.807) is 0 Å². The van der Waals surface area contributed by atoms with Gasteiger partial charge < -0.3 is 8.83 Å². The molecule has 0 aliphatic carbocycles. The van der Waals surface area contributed by atoms with Gasteiger partial charge in [0, 0.05) is 38.4 Å². The highest BCUT2D eigenvalue weighted by molar-refractivity contribution is 6.11. The molecule has 0 saturated carbocycles. The van der Waals surface area contributed by atoms with E-state index in [4.69, 9.17) is 28.8 Å². The highest BCUT2D eigenvalue weighted by atomic mass is 16.3. The van der Waals surface area contributed by atoms with Crippen LogP contribution in [0.3, 0.4) is 0 Å². The lowest BCUT2D eigenvalue weighted by molar-refractivity contribution is 0.623. The van der Waals surface area contributed by atoms with Gasteiger partial charge in [-0.3, -0.25) is 0 Å². The lowest BCUT2D eigenvalue weighted by atomic mass is 10.0. The van der Waals surface area contributed by atoms with E-state index >= 15 is 0 Å². The van der Waals surface area contributed by atoms with Crippen molar-refractivity contribution in [1.29, 1.82) is 0 Å². The van der Waals surface area contributed by atoms with Crippen LogP contribution in [-0.4, -0.2) is 19.9 Å². The SMILES string of the molecule is c1ccc(-c2ccc3c(c2)oc2cc(-c4nc(-c5ccccc5)nc(-c5cccc6ccc7nc(-c8ccccc8)oc7c56)n4)ccc23)cc1. The Kier molecular flexibility index (Phi) is 6.39. The number of benzene rings is 7. The van der Waals surface area contributed by atoms with Crippen molar-refractivity contribution < 1.29 is 8.83 Å². The highest BCUT2D eigenvalue weighted by Crippen LogP contribution is 2.38. The molecule has 0 bridgehead atoms. The number of furan rings is 1. The second kappa shape index (κ2) is 11.4. The summed E-state index contributed by atoms with van der Waals surface area (Å²) >= 11 is 0. The molecule has 0 N–H and O–H groups in total. The highest BCUT2D eigenvalue weighted by Gasteiger charge is 2.19. The van der Waals surface area contributed by atoms with Crippen LogP contribution in [0.25, 0.3) is 101 Å². The van der Waals surface area contributed by atoms with E-state index in [9.17, 15) is 0 Å². The summed E-state index contributed by atoms with van der Waals surface area (Å²) in [4.78, 5) is 20.0. The zero-order valence-electron chi connectivity index (χ0n) is 26.6. The van der Waals surface area contributed by atoms with E-state index in [1.165, 1.54) is 0 Å². The fourth-order valence-corrected chi connectivity index (χ4v) is 6.71. The van der Waals surface area contributed by atoms with Crippen LogP contribution in [0.2, 0.25) is 0 Å². The first kappa shape index (κ1) is 28.1. The number of hydrogen-bond donors (Lipinski definition) is 0. The van der Waals surface area contributed by atoms with Gasteiger partial charge in [-0.1, -0.05) is 115 Å². The van der Waals surface area contributed by atoms with E-state index in [-0.39, 0.29) is 0 Å². The first-order valence-corrected chi connectivity index (χ1v) is 16.5. The fourth-order valence-electron chi connectivity index (χ4n) is 6.71. The topological polar surface area (TPSA) is 77.8 Å². The van der Waals surface area contributed by atoms with Crippen molar-refractivity contribution in [1.82, 2.24) is 19.9 Å². The molecule has 7 aromatic carbocycles. The molecule has 0 aliphatic heterocycles. The third-order valence-corrected chi connectivity index (χ3v) is 9.17. The lowest BCUT2D eigenvalue weighted by Crippen LogP contribution is -2.00. The van der Waals surface area contributed by atoms with Crippen LogP contribution in [0, 0.1) is 0 Å². The molecule has 6 nitrogen and oxygen atoms in total. The molecule has 0 spiro atoms. The first-order chi connectivity index (χ1) is 24.7. The summed E-state index contributed by atoms with van der Waals surface area (Å²) in [6.07, 6.45) is 0. The van der Waals surface area contributed by atoms with Crippen molar-refractivity contribution in [3.63, 3.8) is 0 Å². The molecule has 0 radical (unpaired) electrons. The maximum Gasteiger partial charge on any atom is 0.227 e. The molecule has 0 atom stereocenters. The molecule has 10 rings (SSSR count). The Balaban J connectivity index is 1.15. The summed E-state index contributed by atoms with van der Waals surface area (Å²) in [5, 5.41) is 4.01. The van der Waals surface area contributed by atoms with Gasteiger partial charge in [0.1, 0.15) is 16.7 Å². The van der Waals surface area contributed by atoms with Gasteiger partial charge in [-0.05, 0) is 59.0 Å². The Hall–Kier alpha value is -6.92. The van der Waals surface area contributed by atoms with E-state index in [2.05, 4.69) is 54.6 Å². The third-order valence-electron chi connectivity index (χ3n) is 9.17. The summed E-state index contributed by atoms with van der Waals surface area (Å²) in [5.41, 5.74) is 8.81. The van der Waals surface area contributed by atoms with E-state index < -0.39 is 0 Å². The summed E-state index contributed by atoms with van der Waals surface area (Å²) in [5.74, 6) is 2.24. The molecular weight excluding hydrogens is 617 g/mol. The molecule has 0 aliphatic rings. The average Bonchev–Trinajstić information content (AvgIpc) is 3.80. The second-order valence-electron chi connectivity index (χ2n) is 12.3. The van der Waals surface area contributed by atoms with Crippen LogP contribution in [0.4, 0.5) is 0 Å². The number of nitrogens with zero attached hydrogens (tertiary/aromatic N) is 4. The summed E-state index contributed by atoms with van der Waals surface area (Å²) in [6, 6.07) is 53.0. The Labute approximate surface area is 286 Å². The van der Waals surface area contributed by atoms with E-state index in [0.29, 0.717) is 28.9 Å². The average molecular weight is 643 g/mol. The molecule has 3 heterocycles. The number of fused-ring (bicyclic) bond motifs is 6. The molecule has 3 aromatic heterocycles. The minimum Gasteiger partial charge on any atom is -0.456 e. The van der Waals surface area contributed by atoms with Crippen molar-refractivity contribution in [2.75, 3.05) is 0 Å². The van der Waals surface area contributed by atoms with Gasteiger partial charge in [0.05, 0.1) is 0 Å². The molecule has 10 aromatic rings. The molecular formula is C44H26N4O2. The zero-order valence-corrected chi connectivity index (χ0v) is 26.6. The maximum atomic E-state index is 6.48. The molecule has 0 saturated heterocycles. The quantitative estimate of drug-likeness (QED) is 0.186. The van der Waals surface area contributed by atoms with Gasteiger partial charge in [-0.25, -0.2) is 19.9 Å². The normalized spacial score (nSPS) is 11.6. The second-order valence-corrected chi connectivity index (χ2v) is 12.3. The summed E-state index contributed by atoms with van der Waals surface area (Å²) in [6.45, 7) is 0. The van der Waals surface area contributed by atoms with Gasteiger partial charge in [0.2, 0.25) is 5.89 Å². The first-order valence-electron chi connectivity index (χ1n) is 16.5. The van der Waals surface area contributed by atoms with Crippen LogP contribution >= 0.6 is 0 Å². The van der Waals surface area contributed by atoms with Crippen LogP contribution in [0.1, 0.15) is 0 Å². The van der Waals surface area contributed by atoms with Crippen molar-refractivity contribution in [3.05, 3.63) is 158 Å². The Morgan fingerprint density at radius 2 is 0.980 bits per heavy atom. The zero-order chi connectivity index (χ0) is 33.0. The largest absolute Gasteiger partial charge is 0.456 e. The molecule has 50 heavy (non-hydrogen) atoms. The smallest absolute Gasteiger partial charge is 0.227 e. The van der Waals surface area contributed by atoms with Gasteiger partial charge in [0.15, 0.2) is 23.1 Å². The monoisotopic (exact) mass is 642 g/mol.